The van der Waals surface area contributed by atoms with E-state index in [0.29, 0.717) is 0 Å². The Morgan fingerprint density at radius 1 is 1.25 bits per heavy atom. The molecule has 0 aromatic carbocycles. The number of carbonyl (C=O) groups excluding carboxylic acids is 1. The molecule has 0 aliphatic carbocycles. The third kappa shape index (κ3) is 98.0. The number of hydrogen-bond donors (Lipinski definition) is 0. The van der Waals surface area contributed by atoms with Crippen LogP contribution in [0.3, 0.4) is 0 Å². The van der Waals surface area contributed by atoms with E-state index >= 15 is 0 Å². The normalized spacial score (nSPS) is 3.75. The smallest absolute Gasteiger partial charge is 0.652 e. The minimum Gasteiger partial charge on any atom is -0.652 e. The summed E-state index contributed by atoms with van der Waals surface area (Å²) in [5, 5.41) is 16.7. The largest absolute Gasteiger partial charge is 1.00 e. The van der Waals surface area contributed by atoms with E-state index in [1.165, 1.54) is 0 Å². The van der Waals surface area contributed by atoms with Crippen LogP contribution in [-0.2, 0) is 0 Å². The number of hydrogen-bond acceptors (Lipinski definition) is 3. The Kier molecular flexibility index (Phi) is 64.8. The number of carboxylic acid groups (broad SMARTS) is 2. The van der Waals surface area contributed by atoms with Crippen LogP contribution in [-0.4, -0.2) is 11.1 Å². The molecule has 0 aliphatic rings. The van der Waals surface area contributed by atoms with Gasteiger partial charge in [-0.2, -0.15) is 0 Å². The molecule has 0 radical (unpaired) electrons. The van der Waals surface area contributed by atoms with Crippen molar-refractivity contribution in [1.82, 2.24) is 0 Å². The molecule has 0 saturated carbocycles. The maximum absolute atomic E-state index is 8.33. The first-order valence-corrected chi connectivity index (χ1v) is 3.15. The zero-order valence-corrected chi connectivity index (χ0v) is 11.3. The van der Waals surface area contributed by atoms with Crippen molar-refractivity contribution in [1.29, 1.82) is 0 Å². The summed E-state index contributed by atoms with van der Waals surface area (Å²) in [6.45, 7) is 0. The topological polar surface area (TPSA) is 63.2 Å². The van der Waals surface area contributed by atoms with Crippen molar-refractivity contribution < 1.29 is 74.1 Å². The second kappa shape index (κ2) is 23.0. The second-order valence-corrected chi connectivity index (χ2v) is 0.250. The number of carbonyl (C=O) groups is 1. The summed E-state index contributed by atoms with van der Waals surface area (Å²) in [5.74, 6) is 0. The predicted molar refractivity (Wildman–Crippen MR) is 25.3 cm³/mol. The van der Waals surface area contributed by atoms with Gasteiger partial charge in [-0.1, -0.05) is 22.6 Å². The van der Waals surface area contributed by atoms with Crippen LogP contribution in [0.1, 0.15) is 0 Å². The molecule has 0 N–H and O–H groups in total. The van der Waals surface area contributed by atoms with E-state index in [4.69, 9.17) is 15.0 Å². The fourth-order valence-electron chi connectivity index (χ4n) is 0. The van der Waals surface area contributed by atoms with Gasteiger partial charge in [0, 0.05) is 0 Å². The summed E-state index contributed by atoms with van der Waals surface area (Å²) in [7, 11) is 0. The quantitative estimate of drug-likeness (QED) is 0.243. The first-order valence-electron chi connectivity index (χ1n) is 0.990. The summed E-state index contributed by atoms with van der Waals surface area (Å²) < 4.78 is 0. The van der Waals surface area contributed by atoms with Crippen LogP contribution in [0.4, 0.5) is 4.79 Å². The van der Waals surface area contributed by atoms with Crippen molar-refractivity contribution in [3.8, 4) is 0 Å². The SMILES string of the molecule is CI.O=C([O-])[O-].[Na+].[Na+]. The summed E-state index contributed by atoms with van der Waals surface area (Å²) in [6, 6.07) is 0. The summed E-state index contributed by atoms with van der Waals surface area (Å²) in [6.07, 6.45) is -2.33. The standard InChI is InChI=1S/CH3I.CH2O3.2Na/c1-2;2-1(3)4;;/h1H3;(H2,2,3,4);;/q;;2*+1/p-2. The van der Waals surface area contributed by atoms with Gasteiger partial charge < -0.3 is 15.0 Å². The molecule has 0 aliphatic heterocycles. The van der Waals surface area contributed by atoms with Crippen LogP contribution in [0, 0.1) is 0 Å². The fraction of sp³-hybridized carbons (Fsp3) is 0.500. The van der Waals surface area contributed by atoms with Gasteiger partial charge in [0.05, 0.1) is 0 Å². The molecule has 0 saturated heterocycles. The van der Waals surface area contributed by atoms with E-state index in [1.54, 1.807) is 0 Å². The molecule has 8 heavy (non-hydrogen) atoms. The molecule has 38 valence electrons. The number of halogens is 1. The zero-order valence-electron chi connectivity index (χ0n) is 5.10. The van der Waals surface area contributed by atoms with Gasteiger partial charge in [-0.25, -0.2) is 0 Å². The van der Waals surface area contributed by atoms with Gasteiger partial charge in [-0.05, 0) is 11.1 Å². The Balaban J connectivity index is -0.0000000183. The Morgan fingerprint density at radius 3 is 1.25 bits per heavy atom. The van der Waals surface area contributed by atoms with Crippen LogP contribution in [0.25, 0.3) is 0 Å². The first kappa shape index (κ1) is 22.5. The Morgan fingerprint density at radius 2 is 1.25 bits per heavy atom. The molecule has 3 nitrogen and oxygen atoms in total. The third-order valence-electron chi connectivity index (χ3n) is 0. The van der Waals surface area contributed by atoms with Gasteiger partial charge in [0.1, 0.15) is 0 Å². The minimum absolute atomic E-state index is 0. The molecule has 0 fully saturated rings. The molecule has 0 spiro atoms. The molecule has 0 aromatic heterocycles. The summed E-state index contributed by atoms with van der Waals surface area (Å²) in [5.41, 5.74) is 0. The van der Waals surface area contributed by atoms with E-state index < -0.39 is 6.16 Å². The van der Waals surface area contributed by atoms with Gasteiger partial charge in [-0.3, -0.25) is 0 Å². The van der Waals surface area contributed by atoms with Gasteiger partial charge in [0.25, 0.3) is 0 Å². The van der Waals surface area contributed by atoms with Gasteiger partial charge >= 0.3 is 59.1 Å². The van der Waals surface area contributed by atoms with Crippen LogP contribution in [0.2, 0.25) is 0 Å². The van der Waals surface area contributed by atoms with Crippen molar-refractivity contribution in [2.75, 3.05) is 4.93 Å². The van der Waals surface area contributed by atoms with Crippen molar-refractivity contribution in [2.24, 2.45) is 0 Å². The fourth-order valence-corrected chi connectivity index (χ4v) is 0. The monoisotopic (exact) mass is 248 g/mol. The van der Waals surface area contributed by atoms with Crippen molar-refractivity contribution in [3.05, 3.63) is 0 Å². The minimum atomic E-state index is -2.33. The van der Waals surface area contributed by atoms with Crippen LogP contribution in [0.15, 0.2) is 0 Å². The van der Waals surface area contributed by atoms with E-state index in [2.05, 4.69) is 22.6 Å². The molecule has 0 unspecified atom stereocenters. The van der Waals surface area contributed by atoms with Crippen LogP contribution >= 0.6 is 22.6 Å². The molecule has 0 heterocycles. The summed E-state index contributed by atoms with van der Waals surface area (Å²) >= 11 is 2.15. The first-order chi connectivity index (χ1) is 2.73. The van der Waals surface area contributed by atoms with Gasteiger partial charge in [0.2, 0.25) is 0 Å². The molecule has 6 heteroatoms. The van der Waals surface area contributed by atoms with E-state index in [1.807, 2.05) is 4.93 Å². The number of alkyl halides is 1. The van der Waals surface area contributed by atoms with Gasteiger partial charge in [0.15, 0.2) is 0 Å². The van der Waals surface area contributed by atoms with Crippen molar-refractivity contribution in [3.63, 3.8) is 0 Å². The Labute approximate surface area is 106 Å². The molecule has 0 rings (SSSR count). The Bertz CT molecular complexity index is 38.3. The summed E-state index contributed by atoms with van der Waals surface area (Å²) in [4.78, 5) is 10.3. The average molecular weight is 248 g/mol. The molecule has 0 aromatic rings. The van der Waals surface area contributed by atoms with Crippen LogP contribution in [0.5, 0.6) is 0 Å². The molecule has 0 atom stereocenters. The predicted octanol–water partition coefficient (Wildman–Crippen LogP) is -7.39. The third-order valence-corrected chi connectivity index (χ3v) is 0. The molecule has 0 amide bonds. The van der Waals surface area contributed by atoms with Gasteiger partial charge in [-0.15, -0.1) is 0 Å². The molecular formula is C2H3INa2O3. The van der Waals surface area contributed by atoms with Crippen molar-refractivity contribution in [2.45, 2.75) is 0 Å². The maximum atomic E-state index is 8.33. The molecule has 0 bridgehead atoms. The van der Waals surface area contributed by atoms with E-state index in [0.717, 1.165) is 0 Å². The van der Waals surface area contributed by atoms with Crippen LogP contribution < -0.4 is 69.3 Å². The van der Waals surface area contributed by atoms with E-state index in [9.17, 15) is 0 Å². The average Bonchev–Trinajstić information content (AvgIpc) is 1.41. The van der Waals surface area contributed by atoms with E-state index in [-0.39, 0.29) is 59.1 Å². The number of rotatable bonds is 0. The maximum Gasteiger partial charge on any atom is 1.00 e. The second-order valence-electron chi connectivity index (χ2n) is 0.250. The van der Waals surface area contributed by atoms with Crippen molar-refractivity contribution >= 4 is 28.7 Å². The Hall–Kier alpha value is 2.00. The molecular weight excluding hydrogens is 245 g/mol. The zero-order chi connectivity index (χ0) is 5.58.